The Morgan fingerprint density at radius 1 is 1.30 bits per heavy atom. The maximum Gasteiger partial charge on any atom is 0.486 e. The normalized spacial score (nSPS) is 11.9. The van der Waals surface area contributed by atoms with Gasteiger partial charge in [-0.05, 0) is 26.8 Å². The summed E-state index contributed by atoms with van der Waals surface area (Å²) in [5, 5.41) is 1.06. The van der Waals surface area contributed by atoms with E-state index in [9.17, 15) is 4.57 Å². The lowest BCUT2D eigenvalue weighted by Crippen LogP contribution is -2.25. The van der Waals surface area contributed by atoms with Crippen LogP contribution in [0.1, 0.15) is 25.2 Å². The van der Waals surface area contributed by atoms with Crippen LogP contribution in [0.5, 0.6) is 0 Å². The van der Waals surface area contributed by atoms with Crippen molar-refractivity contribution >= 4 is 13.8 Å². The van der Waals surface area contributed by atoms with Crippen molar-refractivity contribution in [3.05, 3.63) is 17.5 Å². The average molecular weight is 304 g/mol. The van der Waals surface area contributed by atoms with Crippen LogP contribution >= 0.6 is 7.82 Å². The van der Waals surface area contributed by atoms with Crippen molar-refractivity contribution in [2.45, 2.75) is 27.3 Å². The third-order valence-corrected chi connectivity index (χ3v) is 3.06. The van der Waals surface area contributed by atoms with Crippen LogP contribution in [0.15, 0.2) is 6.07 Å². The number of anilines is 1. The molecule has 20 heavy (non-hydrogen) atoms. The van der Waals surface area contributed by atoms with Crippen molar-refractivity contribution in [3.8, 4) is 0 Å². The zero-order valence-corrected chi connectivity index (χ0v) is 13.0. The first-order valence-electron chi connectivity index (χ1n) is 6.31. The zero-order chi connectivity index (χ0) is 15.3. The minimum atomic E-state index is -4.54. The van der Waals surface area contributed by atoms with Gasteiger partial charge in [-0.15, -0.1) is 0 Å². The summed E-state index contributed by atoms with van der Waals surface area (Å²) in [7, 11) is -3.10. The lowest BCUT2D eigenvalue weighted by Gasteiger charge is -2.21. The summed E-state index contributed by atoms with van der Waals surface area (Å²) in [5.41, 5.74) is 1.43. The van der Waals surface area contributed by atoms with Crippen LogP contribution in [0.3, 0.4) is 0 Å². The van der Waals surface area contributed by atoms with Gasteiger partial charge in [0.25, 0.3) is 0 Å². The monoisotopic (exact) mass is 304 g/mol. The number of rotatable bonds is 7. The molecule has 0 aliphatic rings. The molecular weight excluding hydrogens is 283 g/mol. The quantitative estimate of drug-likeness (QED) is 0.570. The van der Waals surface area contributed by atoms with E-state index in [1.54, 1.807) is 6.07 Å². The smallest absolute Gasteiger partial charge is 0.341 e. The van der Waals surface area contributed by atoms with E-state index in [1.165, 1.54) is 7.05 Å². The summed E-state index contributed by atoms with van der Waals surface area (Å²) in [6.07, 6.45) is 0. The second kappa shape index (κ2) is 7.10. The van der Waals surface area contributed by atoms with E-state index in [0.717, 1.165) is 23.8 Å². The zero-order valence-electron chi connectivity index (χ0n) is 12.1. The van der Waals surface area contributed by atoms with Crippen LogP contribution in [0.2, 0.25) is 0 Å². The molecule has 1 aromatic rings. The van der Waals surface area contributed by atoms with Gasteiger partial charge < -0.3 is 14.7 Å². The van der Waals surface area contributed by atoms with Gasteiger partial charge in [-0.1, -0.05) is 0 Å². The van der Waals surface area contributed by atoms with Crippen molar-refractivity contribution in [3.63, 3.8) is 0 Å². The Bertz CT molecular complexity index is 489. The molecule has 0 atom stereocenters. The number of nitrogens with zero attached hydrogens (tertiary/aromatic N) is 4. The summed E-state index contributed by atoms with van der Waals surface area (Å²) in [6.45, 7) is 7.60. The van der Waals surface area contributed by atoms with Crippen LogP contribution in [0, 0.1) is 6.92 Å². The molecule has 0 bridgehead atoms. The van der Waals surface area contributed by atoms with Gasteiger partial charge in [0.05, 0.1) is 12.2 Å². The number of hydrogen-bond acceptors (Lipinski definition) is 6. The van der Waals surface area contributed by atoms with Gasteiger partial charge in [0.2, 0.25) is 5.95 Å². The molecule has 0 unspecified atom stereocenters. The first-order chi connectivity index (χ1) is 9.25. The van der Waals surface area contributed by atoms with E-state index in [2.05, 4.69) is 14.6 Å². The Morgan fingerprint density at radius 3 is 2.40 bits per heavy atom. The second-order valence-electron chi connectivity index (χ2n) is 4.33. The maximum atomic E-state index is 10.8. The van der Waals surface area contributed by atoms with E-state index in [1.807, 2.05) is 25.7 Å². The van der Waals surface area contributed by atoms with Gasteiger partial charge >= 0.3 is 7.82 Å². The van der Waals surface area contributed by atoms with Crippen LogP contribution in [0.4, 0.5) is 5.95 Å². The highest BCUT2D eigenvalue weighted by molar-refractivity contribution is 7.46. The molecule has 0 saturated heterocycles. The minimum Gasteiger partial charge on any atom is -0.341 e. The molecule has 0 aromatic carbocycles. The number of hydrogen-bond donors (Lipinski definition) is 2. The number of hydroxylamine groups is 2. The largest absolute Gasteiger partial charge is 0.486 e. The fourth-order valence-electron chi connectivity index (χ4n) is 1.78. The van der Waals surface area contributed by atoms with Crippen molar-refractivity contribution < 1.29 is 19.0 Å². The Hall–Kier alpha value is -1.05. The molecule has 8 nitrogen and oxygen atoms in total. The van der Waals surface area contributed by atoms with Crippen LogP contribution in [-0.4, -0.2) is 45.0 Å². The molecule has 0 radical (unpaired) electrons. The molecule has 0 saturated carbocycles. The number of phosphoric acid groups is 1. The van der Waals surface area contributed by atoms with E-state index in [4.69, 9.17) is 9.79 Å². The minimum absolute atomic E-state index is 0.155. The third kappa shape index (κ3) is 5.52. The van der Waals surface area contributed by atoms with Gasteiger partial charge in [-0.2, -0.15) is 9.69 Å². The maximum absolute atomic E-state index is 10.8. The Labute approximate surface area is 118 Å². The lowest BCUT2D eigenvalue weighted by molar-refractivity contribution is -0.0658. The van der Waals surface area contributed by atoms with E-state index in [0.29, 0.717) is 11.6 Å². The summed E-state index contributed by atoms with van der Waals surface area (Å²) in [6, 6.07) is 1.76. The van der Waals surface area contributed by atoms with Crippen LogP contribution in [-0.2, 0) is 15.7 Å². The molecule has 0 aliphatic heterocycles. The molecule has 1 rings (SSSR count). The third-order valence-electron chi connectivity index (χ3n) is 2.57. The molecule has 0 amide bonds. The van der Waals surface area contributed by atoms with E-state index in [-0.39, 0.29) is 6.54 Å². The number of aromatic nitrogens is 2. The number of aryl methyl sites for hydroxylation is 1. The van der Waals surface area contributed by atoms with E-state index < -0.39 is 7.82 Å². The molecule has 0 aliphatic carbocycles. The summed E-state index contributed by atoms with van der Waals surface area (Å²) < 4.78 is 15.2. The fraction of sp³-hybridized carbons (Fsp3) is 0.636. The van der Waals surface area contributed by atoms with Gasteiger partial charge in [0.1, 0.15) is 0 Å². The van der Waals surface area contributed by atoms with Gasteiger partial charge in [-0.25, -0.2) is 14.5 Å². The Balaban J connectivity index is 2.88. The van der Waals surface area contributed by atoms with Crippen molar-refractivity contribution in [1.82, 2.24) is 15.0 Å². The molecular formula is C11H21N4O4P. The second-order valence-corrected chi connectivity index (χ2v) is 5.48. The van der Waals surface area contributed by atoms with Crippen molar-refractivity contribution in [2.75, 3.05) is 25.0 Å². The average Bonchev–Trinajstić information content (AvgIpc) is 2.26. The summed E-state index contributed by atoms with van der Waals surface area (Å²) in [4.78, 5) is 28.2. The molecule has 114 valence electrons. The molecule has 1 heterocycles. The summed E-state index contributed by atoms with van der Waals surface area (Å²) in [5.74, 6) is 0.606. The van der Waals surface area contributed by atoms with E-state index >= 15 is 0 Å². The predicted molar refractivity (Wildman–Crippen MR) is 74.9 cm³/mol. The molecule has 9 heteroatoms. The first kappa shape index (κ1) is 17.0. The molecule has 0 spiro atoms. The molecule has 1 aromatic heterocycles. The fourth-order valence-corrected chi connectivity index (χ4v) is 2.21. The van der Waals surface area contributed by atoms with Gasteiger partial charge in [0, 0.05) is 25.8 Å². The highest BCUT2D eigenvalue weighted by Crippen LogP contribution is 2.36. The standard InChI is InChI=1S/C11H21N4O4P/c1-5-15(6-2)11-12-9(3)7-10(13-11)8-14(4)19-20(16,17)18/h7H,5-6,8H2,1-4H3,(H2,16,17,18). The lowest BCUT2D eigenvalue weighted by atomic mass is 10.3. The van der Waals surface area contributed by atoms with Gasteiger partial charge in [0.15, 0.2) is 0 Å². The highest BCUT2D eigenvalue weighted by Gasteiger charge is 2.19. The van der Waals surface area contributed by atoms with Crippen LogP contribution in [0.25, 0.3) is 0 Å². The summed E-state index contributed by atoms with van der Waals surface area (Å²) >= 11 is 0. The van der Waals surface area contributed by atoms with Crippen molar-refractivity contribution in [2.24, 2.45) is 0 Å². The topological polar surface area (TPSA) is 99.0 Å². The van der Waals surface area contributed by atoms with Crippen LogP contribution < -0.4 is 4.90 Å². The Kier molecular flexibility index (Phi) is 6.04. The van der Waals surface area contributed by atoms with Crippen molar-refractivity contribution in [1.29, 1.82) is 0 Å². The van der Waals surface area contributed by atoms with Gasteiger partial charge in [-0.3, -0.25) is 0 Å². The first-order valence-corrected chi connectivity index (χ1v) is 7.84. The SMILES string of the molecule is CCN(CC)c1nc(C)cc(CN(C)OP(=O)(O)O)n1. The molecule has 2 N–H and O–H groups in total. The predicted octanol–water partition coefficient (Wildman–Crippen LogP) is 1.09. The highest BCUT2D eigenvalue weighted by atomic mass is 31.2. The Morgan fingerprint density at radius 2 is 1.90 bits per heavy atom. The molecule has 0 fully saturated rings.